The summed E-state index contributed by atoms with van der Waals surface area (Å²) < 4.78 is 17.3. The molecule has 4 aromatic rings. The van der Waals surface area contributed by atoms with Crippen LogP contribution in [-0.2, 0) is 16.1 Å². The maximum atomic E-state index is 13.3. The Kier molecular flexibility index (Phi) is 5.20. The molecule has 1 aliphatic heterocycles. The van der Waals surface area contributed by atoms with Crippen molar-refractivity contribution in [2.45, 2.75) is 19.0 Å². The number of pyridine rings is 1. The lowest BCUT2D eigenvalue weighted by atomic mass is 9.97. The number of hydrogen-bond donors (Lipinski definition) is 0. The minimum Gasteiger partial charge on any atom is -0.461 e. The number of Topliss-reactive ketones (excluding diaryl/α,β-unsaturated/α-hetero) is 1. The van der Waals surface area contributed by atoms with E-state index in [0.29, 0.717) is 17.9 Å². The number of aromatic nitrogens is 1. The highest BCUT2D eigenvalue weighted by molar-refractivity contribution is 6.04. The second kappa shape index (κ2) is 8.30. The van der Waals surface area contributed by atoms with Crippen LogP contribution in [0.2, 0.25) is 0 Å². The Bertz CT molecular complexity index is 1240. The van der Waals surface area contributed by atoms with Crippen LogP contribution in [0.25, 0.3) is 22.2 Å². The summed E-state index contributed by atoms with van der Waals surface area (Å²) in [7, 11) is 1.51. The highest BCUT2D eigenvalue weighted by Gasteiger charge is 2.38. The Hall–Kier alpha value is -3.54. The van der Waals surface area contributed by atoms with E-state index in [-0.39, 0.29) is 5.78 Å². The molecule has 0 aliphatic carbocycles. The molecule has 5 heteroatoms. The van der Waals surface area contributed by atoms with Crippen molar-refractivity contribution in [3.05, 3.63) is 96.1 Å². The number of rotatable bonds is 5. The summed E-state index contributed by atoms with van der Waals surface area (Å²) in [5.41, 5.74) is 4.00. The van der Waals surface area contributed by atoms with Crippen LogP contribution in [0.5, 0.6) is 5.75 Å². The van der Waals surface area contributed by atoms with Crippen LogP contribution >= 0.6 is 0 Å². The molecule has 0 bridgehead atoms. The molecule has 0 fully saturated rings. The van der Waals surface area contributed by atoms with Crippen LogP contribution in [0.15, 0.2) is 84.9 Å². The molecule has 5 nitrogen and oxygen atoms in total. The number of methoxy groups -OCH3 is 1. The van der Waals surface area contributed by atoms with E-state index < -0.39 is 12.4 Å². The number of benzene rings is 3. The number of carbonyl (C=O) groups is 1. The molecular weight excluding hydrogens is 390 g/mol. The van der Waals surface area contributed by atoms with Crippen molar-refractivity contribution >= 4 is 16.7 Å². The number of ketones is 1. The Morgan fingerprint density at radius 1 is 0.935 bits per heavy atom. The fourth-order valence-electron chi connectivity index (χ4n) is 3.76. The van der Waals surface area contributed by atoms with E-state index in [4.69, 9.17) is 19.2 Å². The number of ether oxygens (including phenoxy) is 3. The van der Waals surface area contributed by atoms with E-state index in [1.54, 1.807) is 6.07 Å². The number of hydrogen-bond acceptors (Lipinski definition) is 5. The second-order valence-corrected chi connectivity index (χ2v) is 7.40. The van der Waals surface area contributed by atoms with E-state index in [1.165, 1.54) is 7.11 Å². The van der Waals surface area contributed by atoms with Crippen LogP contribution in [0, 0.1) is 0 Å². The highest BCUT2D eigenvalue weighted by Crippen LogP contribution is 2.33. The SMILES string of the molecule is COC1Oc2ccc(-c3ccc4ccccc4n3)cc2C(=O)C1OCc1ccccc1. The molecule has 3 aromatic carbocycles. The molecule has 1 aliphatic rings. The maximum absolute atomic E-state index is 13.3. The molecule has 2 unspecified atom stereocenters. The summed E-state index contributed by atoms with van der Waals surface area (Å²) in [6, 6.07) is 27.2. The van der Waals surface area contributed by atoms with Gasteiger partial charge in [-0.15, -0.1) is 0 Å². The van der Waals surface area contributed by atoms with Gasteiger partial charge in [0.1, 0.15) is 5.75 Å². The Balaban J connectivity index is 1.45. The zero-order valence-electron chi connectivity index (χ0n) is 17.0. The molecule has 0 amide bonds. The average molecular weight is 411 g/mol. The van der Waals surface area contributed by atoms with Crippen molar-refractivity contribution in [2.24, 2.45) is 0 Å². The first-order valence-corrected chi connectivity index (χ1v) is 10.1. The van der Waals surface area contributed by atoms with Crippen molar-refractivity contribution in [1.82, 2.24) is 4.98 Å². The third-order valence-corrected chi connectivity index (χ3v) is 5.39. The minimum absolute atomic E-state index is 0.160. The van der Waals surface area contributed by atoms with E-state index >= 15 is 0 Å². The van der Waals surface area contributed by atoms with Gasteiger partial charge in [-0.1, -0.05) is 54.6 Å². The van der Waals surface area contributed by atoms with E-state index in [2.05, 4.69) is 0 Å². The Labute approximate surface area is 180 Å². The van der Waals surface area contributed by atoms with Crippen LogP contribution in [0.3, 0.4) is 0 Å². The van der Waals surface area contributed by atoms with Gasteiger partial charge in [0, 0.05) is 18.1 Å². The van der Waals surface area contributed by atoms with Gasteiger partial charge in [0.2, 0.25) is 12.1 Å². The highest BCUT2D eigenvalue weighted by atomic mass is 16.7. The molecule has 1 aromatic heterocycles. The summed E-state index contributed by atoms with van der Waals surface area (Å²) in [5, 5.41) is 1.07. The van der Waals surface area contributed by atoms with Gasteiger partial charge in [-0.25, -0.2) is 4.98 Å². The van der Waals surface area contributed by atoms with Crippen molar-refractivity contribution in [1.29, 1.82) is 0 Å². The lowest BCUT2D eigenvalue weighted by Gasteiger charge is -2.31. The number of nitrogens with zero attached hydrogens (tertiary/aromatic N) is 1. The lowest BCUT2D eigenvalue weighted by molar-refractivity contribution is -0.141. The van der Waals surface area contributed by atoms with Gasteiger partial charge in [0.15, 0.2) is 6.10 Å². The largest absolute Gasteiger partial charge is 0.461 e. The second-order valence-electron chi connectivity index (χ2n) is 7.40. The van der Waals surface area contributed by atoms with Crippen LogP contribution in [0.1, 0.15) is 15.9 Å². The first kappa shape index (κ1) is 19.4. The van der Waals surface area contributed by atoms with E-state index in [9.17, 15) is 4.79 Å². The fraction of sp³-hybridized carbons (Fsp3) is 0.154. The van der Waals surface area contributed by atoms with Gasteiger partial charge >= 0.3 is 0 Å². The summed E-state index contributed by atoms with van der Waals surface area (Å²) in [6.07, 6.45) is -1.65. The first-order chi connectivity index (χ1) is 15.2. The average Bonchev–Trinajstić information content (AvgIpc) is 2.83. The van der Waals surface area contributed by atoms with Gasteiger partial charge < -0.3 is 14.2 Å². The van der Waals surface area contributed by atoms with Gasteiger partial charge in [0.25, 0.3) is 0 Å². The lowest BCUT2D eigenvalue weighted by Crippen LogP contribution is -2.45. The third-order valence-electron chi connectivity index (χ3n) is 5.39. The summed E-state index contributed by atoms with van der Waals surface area (Å²) in [4.78, 5) is 18.0. The molecule has 5 rings (SSSR count). The molecular formula is C26H21NO4. The molecule has 0 radical (unpaired) electrons. The van der Waals surface area contributed by atoms with Gasteiger partial charge in [-0.2, -0.15) is 0 Å². The predicted octanol–water partition coefficient (Wildman–Crippen LogP) is 5.03. The Morgan fingerprint density at radius 3 is 2.58 bits per heavy atom. The van der Waals surface area contributed by atoms with Gasteiger partial charge in [-0.05, 0) is 35.9 Å². The monoisotopic (exact) mass is 411 g/mol. The normalized spacial score (nSPS) is 17.9. The van der Waals surface area contributed by atoms with Gasteiger partial charge in [0.05, 0.1) is 23.4 Å². The zero-order chi connectivity index (χ0) is 21.2. The quantitative estimate of drug-likeness (QED) is 0.461. The van der Waals surface area contributed by atoms with Crippen molar-refractivity contribution in [2.75, 3.05) is 7.11 Å². The Morgan fingerprint density at radius 2 is 1.74 bits per heavy atom. The smallest absolute Gasteiger partial charge is 0.233 e. The molecule has 0 saturated carbocycles. The predicted molar refractivity (Wildman–Crippen MR) is 118 cm³/mol. The first-order valence-electron chi connectivity index (χ1n) is 10.1. The molecule has 0 saturated heterocycles. The van der Waals surface area contributed by atoms with Crippen molar-refractivity contribution in [3.8, 4) is 17.0 Å². The molecule has 2 heterocycles. The number of fused-ring (bicyclic) bond motifs is 2. The molecule has 0 N–H and O–H groups in total. The van der Waals surface area contributed by atoms with E-state index in [1.807, 2.05) is 78.9 Å². The van der Waals surface area contributed by atoms with Crippen molar-refractivity contribution < 1.29 is 19.0 Å². The molecule has 31 heavy (non-hydrogen) atoms. The number of carbonyl (C=O) groups excluding carboxylic acids is 1. The third kappa shape index (κ3) is 3.81. The van der Waals surface area contributed by atoms with Crippen LogP contribution in [0.4, 0.5) is 0 Å². The summed E-state index contributed by atoms with van der Waals surface area (Å²) >= 11 is 0. The maximum Gasteiger partial charge on any atom is 0.233 e. The van der Waals surface area contributed by atoms with E-state index in [0.717, 1.165) is 27.7 Å². The number of para-hydroxylation sites is 1. The molecule has 2 atom stereocenters. The molecule has 0 spiro atoms. The standard InChI is InChI=1S/C26H21NO4/c1-29-26-25(30-16-17-7-3-2-4-8-17)24(28)20-15-19(12-14-23(20)31-26)22-13-11-18-9-5-6-10-21(18)27-22/h2-15,25-26H,16H2,1H3. The molecule has 154 valence electrons. The van der Waals surface area contributed by atoms with Gasteiger partial charge in [-0.3, -0.25) is 4.79 Å². The summed E-state index contributed by atoms with van der Waals surface area (Å²) in [6.45, 7) is 0.293. The summed E-state index contributed by atoms with van der Waals surface area (Å²) in [5.74, 6) is 0.327. The van der Waals surface area contributed by atoms with Crippen LogP contribution < -0.4 is 4.74 Å². The van der Waals surface area contributed by atoms with Crippen LogP contribution in [-0.4, -0.2) is 30.3 Å². The fourth-order valence-corrected chi connectivity index (χ4v) is 3.76. The minimum atomic E-state index is -0.850. The topological polar surface area (TPSA) is 57.7 Å². The zero-order valence-corrected chi connectivity index (χ0v) is 17.0. The van der Waals surface area contributed by atoms with Crippen molar-refractivity contribution in [3.63, 3.8) is 0 Å².